The first-order valence-corrected chi connectivity index (χ1v) is 7.67. The van der Waals surface area contributed by atoms with Crippen LogP contribution in [0.15, 0.2) is 23.6 Å². The first kappa shape index (κ1) is 13.4. The molecule has 0 atom stereocenters. The van der Waals surface area contributed by atoms with Crippen LogP contribution >= 0.6 is 22.9 Å². The van der Waals surface area contributed by atoms with Crippen LogP contribution in [-0.2, 0) is 6.42 Å². The first-order valence-electron chi connectivity index (χ1n) is 6.41. The second-order valence-corrected chi connectivity index (χ2v) is 6.25. The molecule has 0 spiro atoms. The lowest BCUT2D eigenvalue weighted by molar-refractivity contribution is 0.590. The molecule has 3 aromatic rings. The maximum atomic E-state index is 6.33. The van der Waals surface area contributed by atoms with Gasteiger partial charge in [0.1, 0.15) is 5.82 Å². The number of halogens is 1. The Bertz CT molecular complexity index is 760. The summed E-state index contributed by atoms with van der Waals surface area (Å²) in [4.78, 5) is 9.01. The van der Waals surface area contributed by atoms with Gasteiger partial charge in [-0.3, -0.25) is 0 Å². The minimum atomic E-state index is 0.283. The molecule has 104 valence electrons. The number of nitrogen functional groups attached to an aromatic ring is 1. The third-order valence-electron chi connectivity index (χ3n) is 3.16. The number of thiazole rings is 1. The highest BCUT2D eigenvalue weighted by Crippen LogP contribution is 2.28. The molecule has 4 nitrogen and oxygen atoms in total. The molecule has 2 N–H and O–H groups in total. The number of anilines is 1. The molecule has 0 aliphatic carbocycles. The summed E-state index contributed by atoms with van der Waals surface area (Å²) >= 11 is 7.78. The summed E-state index contributed by atoms with van der Waals surface area (Å²) in [7, 11) is 0. The van der Waals surface area contributed by atoms with Gasteiger partial charge in [0.15, 0.2) is 5.13 Å². The summed E-state index contributed by atoms with van der Waals surface area (Å²) in [5.41, 5.74) is 8.54. The van der Waals surface area contributed by atoms with Crippen LogP contribution in [0.4, 0.5) is 5.13 Å². The van der Waals surface area contributed by atoms with Crippen molar-refractivity contribution >= 4 is 39.1 Å². The number of imidazole rings is 1. The fourth-order valence-corrected chi connectivity index (χ4v) is 3.22. The monoisotopic (exact) mass is 306 g/mol. The zero-order chi connectivity index (χ0) is 14.3. The van der Waals surface area contributed by atoms with Crippen LogP contribution in [0.2, 0.25) is 5.02 Å². The molecule has 0 saturated heterocycles. The number of fused-ring (bicyclic) bond motifs is 1. The molecular weight excluding hydrogens is 292 g/mol. The lowest BCUT2D eigenvalue weighted by Gasteiger charge is -2.13. The van der Waals surface area contributed by atoms with Gasteiger partial charge < -0.3 is 10.3 Å². The van der Waals surface area contributed by atoms with Gasteiger partial charge in [-0.25, -0.2) is 9.97 Å². The van der Waals surface area contributed by atoms with E-state index < -0.39 is 0 Å². The van der Waals surface area contributed by atoms with Crippen molar-refractivity contribution in [2.24, 2.45) is 0 Å². The van der Waals surface area contributed by atoms with Gasteiger partial charge in [0.25, 0.3) is 0 Å². The van der Waals surface area contributed by atoms with E-state index in [1.54, 1.807) is 0 Å². The third-order valence-corrected chi connectivity index (χ3v) is 4.19. The first-order chi connectivity index (χ1) is 9.56. The Morgan fingerprint density at radius 3 is 2.80 bits per heavy atom. The van der Waals surface area contributed by atoms with Crippen molar-refractivity contribution in [3.63, 3.8) is 0 Å². The SMILES string of the molecule is CC(C)n1c(Cc2csc(N)n2)nc2cccc(Cl)c21. The molecule has 0 aliphatic rings. The summed E-state index contributed by atoms with van der Waals surface area (Å²) in [6.07, 6.45) is 0.664. The summed E-state index contributed by atoms with van der Waals surface area (Å²) in [5.74, 6) is 0.966. The molecule has 2 aromatic heterocycles. The number of rotatable bonds is 3. The highest BCUT2D eigenvalue weighted by atomic mass is 35.5. The summed E-state index contributed by atoms with van der Waals surface area (Å²) in [6, 6.07) is 6.09. The van der Waals surface area contributed by atoms with E-state index in [0.717, 1.165) is 27.6 Å². The van der Waals surface area contributed by atoms with E-state index in [2.05, 4.69) is 23.4 Å². The normalized spacial score (nSPS) is 11.6. The second kappa shape index (κ2) is 5.07. The van der Waals surface area contributed by atoms with Gasteiger partial charge in [0, 0.05) is 17.8 Å². The minimum absolute atomic E-state index is 0.283. The predicted molar refractivity (Wildman–Crippen MR) is 84.5 cm³/mol. The summed E-state index contributed by atoms with van der Waals surface area (Å²) < 4.78 is 2.17. The minimum Gasteiger partial charge on any atom is -0.375 e. The molecule has 20 heavy (non-hydrogen) atoms. The van der Waals surface area contributed by atoms with Crippen LogP contribution < -0.4 is 5.73 Å². The molecule has 0 fully saturated rings. The molecular formula is C14H15ClN4S. The number of aromatic nitrogens is 3. The number of nitrogens with two attached hydrogens (primary N) is 1. The smallest absolute Gasteiger partial charge is 0.180 e. The zero-order valence-electron chi connectivity index (χ0n) is 11.3. The fourth-order valence-electron chi connectivity index (χ4n) is 2.40. The molecule has 1 aromatic carbocycles. The average molecular weight is 307 g/mol. The van der Waals surface area contributed by atoms with E-state index in [-0.39, 0.29) is 6.04 Å². The molecule has 0 saturated carbocycles. The van der Waals surface area contributed by atoms with E-state index in [9.17, 15) is 0 Å². The quantitative estimate of drug-likeness (QED) is 0.798. The predicted octanol–water partition coefficient (Wildman–Crippen LogP) is 3.90. The van der Waals surface area contributed by atoms with Gasteiger partial charge in [0.2, 0.25) is 0 Å². The van der Waals surface area contributed by atoms with Gasteiger partial charge in [-0.2, -0.15) is 0 Å². The van der Waals surface area contributed by atoms with E-state index in [0.29, 0.717) is 11.6 Å². The molecule has 6 heteroatoms. The van der Waals surface area contributed by atoms with E-state index in [1.807, 2.05) is 23.6 Å². The number of nitrogens with zero attached hydrogens (tertiary/aromatic N) is 3. The van der Waals surface area contributed by atoms with Crippen LogP contribution in [0.5, 0.6) is 0 Å². The van der Waals surface area contributed by atoms with Crippen molar-refractivity contribution < 1.29 is 0 Å². The average Bonchev–Trinajstić information content (AvgIpc) is 2.94. The Hall–Kier alpha value is -1.59. The largest absolute Gasteiger partial charge is 0.375 e. The van der Waals surface area contributed by atoms with Crippen LogP contribution in [0.1, 0.15) is 31.4 Å². The van der Waals surface area contributed by atoms with E-state index in [4.69, 9.17) is 22.3 Å². The number of para-hydroxylation sites is 1. The Morgan fingerprint density at radius 2 is 2.15 bits per heavy atom. The molecule has 0 aliphatic heterocycles. The Kier molecular flexibility index (Phi) is 3.40. The standard InChI is InChI=1S/C14H15ClN4S/c1-8(2)19-12(6-9-7-20-14(16)17-9)18-11-5-3-4-10(15)13(11)19/h3-5,7-8H,6H2,1-2H3,(H2,16,17). The molecule has 2 heterocycles. The lowest BCUT2D eigenvalue weighted by Crippen LogP contribution is -2.07. The van der Waals surface area contributed by atoms with Crippen LogP contribution in [0, 0.1) is 0 Å². The topological polar surface area (TPSA) is 56.7 Å². The summed E-state index contributed by atoms with van der Waals surface area (Å²) in [6.45, 7) is 4.26. The Balaban J connectivity index is 2.14. The van der Waals surface area contributed by atoms with Gasteiger partial charge in [-0.15, -0.1) is 11.3 Å². The lowest BCUT2D eigenvalue weighted by atomic mass is 10.2. The van der Waals surface area contributed by atoms with Gasteiger partial charge in [0.05, 0.1) is 21.7 Å². The zero-order valence-corrected chi connectivity index (χ0v) is 12.9. The molecule has 0 amide bonds. The van der Waals surface area contributed by atoms with Crippen molar-refractivity contribution in [2.75, 3.05) is 5.73 Å². The van der Waals surface area contributed by atoms with Crippen molar-refractivity contribution in [1.29, 1.82) is 0 Å². The maximum absolute atomic E-state index is 6.33. The van der Waals surface area contributed by atoms with Crippen LogP contribution in [0.3, 0.4) is 0 Å². The van der Waals surface area contributed by atoms with Crippen molar-refractivity contribution in [2.45, 2.75) is 26.3 Å². The Labute approximate surface area is 126 Å². The van der Waals surface area contributed by atoms with Gasteiger partial charge >= 0.3 is 0 Å². The van der Waals surface area contributed by atoms with Crippen LogP contribution in [-0.4, -0.2) is 14.5 Å². The number of hydrogen-bond donors (Lipinski definition) is 1. The molecule has 0 unspecified atom stereocenters. The van der Waals surface area contributed by atoms with Crippen molar-refractivity contribution in [3.05, 3.63) is 40.1 Å². The highest BCUT2D eigenvalue weighted by Gasteiger charge is 2.16. The van der Waals surface area contributed by atoms with E-state index in [1.165, 1.54) is 11.3 Å². The van der Waals surface area contributed by atoms with E-state index >= 15 is 0 Å². The number of hydrogen-bond acceptors (Lipinski definition) is 4. The summed E-state index contributed by atoms with van der Waals surface area (Å²) in [5, 5.41) is 3.29. The second-order valence-electron chi connectivity index (χ2n) is 4.95. The Morgan fingerprint density at radius 1 is 1.35 bits per heavy atom. The van der Waals surface area contributed by atoms with Gasteiger partial charge in [-0.05, 0) is 26.0 Å². The maximum Gasteiger partial charge on any atom is 0.180 e. The fraction of sp³-hybridized carbons (Fsp3) is 0.286. The molecule has 3 rings (SSSR count). The third kappa shape index (κ3) is 2.27. The molecule has 0 radical (unpaired) electrons. The van der Waals surface area contributed by atoms with Gasteiger partial charge in [-0.1, -0.05) is 17.7 Å². The highest BCUT2D eigenvalue weighted by molar-refractivity contribution is 7.13. The van der Waals surface area contributed by atoms with Crippen molar-refractivity contribution in [3.8, 4) is 0 Å². The van der Waals surface area contributed by atoms with Crippen molar-refractivity contribution in [1.82, 2.24) is 14.5 Å². The van der Waals surface area contributed by atoms with Crippen LogP contribution in [0.25, 0.3) is 11.0 Å². The number of benzene rings is 1. The molecule has 0 bridgehead atoms.